The molecule has 0 fully saturated rings. The number of amides is 1. The Labute approximate surface area is 168 Å². The Morgan fingerprint density at radius 2 is 1.86 bits per heavy atom. The van der Waals surface area contributed by atoms with Crippen molar-refractivity contribution in [3.63, 3.8) is 0 Å². The molecule has 0 bridgehead atoms. The second-order valence-corrected chi connectivity index (χ2v) is 9.41. The predicted molar refractivity (Wildman–Crippen MR) is 111 cm³/mol. The second kappa shape index (κ2) is 8.58. The van der Waals surface area contributed by atoms with Gasteiger partial charge in [0.1, 0.15) is 11.0 Å². The standard InChI is InChI=1S/C21H21NO4S2/c1-15-5-3-6-16(13-15)21(23)22-14-20(19-7-4-12-27-19)28(24,25)18-10-8-17(26-2)9-11-18/h3-13,20H,14H2,1-2H3,(H,22,23). The van der Waals surface area contributed by atoms with Gasteiger partial charge in [-0.25, -0.2) is 8.42 Å². The average molecular weight is 416 g/mol. The summed E-state index contributed by atoms with van der Waals surface area (Å²) in [6, 6.07) is 17.0. The highest BCUT2D eigenvalue weighted by atomic mass is 32.2. The van der Waals surface area contributed by atoms with Crippen LogP contribution in [0.2, 0.25) is 0 Å². The fraction of sp³-hybridized carbons (Fsp3) is 0.190. The summed E-state index contributed by atoms with van der Waals surface area (Å²) in [5.41, 5.74) is 1.47. The summed E-state index contributed by atoms with van der Waals surface area (Å²) in [4.78, 5) is 13.4. The molecule has 28 heavy (non-hydrogen) atoms. The molecule has 5 nitrogen and oxygen atoms in total. The van der Waals surface area contributed by atoms with E-state index in [2.05, 4.69) is 5.32 Å². The minimum absolute atomic E-state index is 0.0123. The number of hydrogen-bond acceptors (Lipinski definition) is 5. The Bertz CT molecular complexity index is 1040. The molecule has 1 atom stereocenters. The summed E-state index contributed by atoms with van der Waals surface area (Å²) in [7, 11) is -2.17. The van der Waals surface area contributed by atoms with Crippen LogP contribution < -0.4 is 10.1 Å². The van der Waals surface area contributed by atoms with Crippen molar-refractivity contribution in [2.24, 2.45) is 0 Å². The summed E-state index contributed by atoms with van der Waals surface area (Å²) >= 11 is 1.35. The molecule has 7 heteroatoms. The van der Waals surface area contributed by atoms with E-state index >= 15 is 0 Å². The highest BCUT2D eigenvalue weighted by Gasteiger charge is 2.30. The van der Waals surface area contributed by atoms with Crippen molar-refractivity contribution in [1.29, 1.82) is 0 Å². The number of benzene rings is 2. The van der Waals surface area contributed by atoms with E-state index in [0.29, 0.717) is 16.2 Å². The van der Waals surface area contributed by atoms with Crippen LogP contribution in [0.3, 0.4) is 0 Å². The number of hydrogen-bond donors (Lipinski definition) is 1. The van der Waals surface area contributed by atoms with Crippen molar-refractivity contribution in [3.8, 4) is 5.75 Å². The largest absolute Gasteiger partial charge is 0.497 e. The van der Waals surface area contributed by atoms with Gasteiger partial charge in [0.15, 0.2) is 9.84 Å². The smallest absolute Gasteiger partial charge is 0.251 e. The van der Waals surface area contributed by atoms with Gasteiger partial charge in [-0.3, -0.25) is 4.79 Å². The first kappa shape index (κ1) is 20.1. The molecule has 0 radical (unpaired) electrons. The minimum Gasteiger partial charge on any atom is -0.497 e. The SMILES string of the molecule is COc1ccc(S(=O)(=O)C(CNC(=O)c2cccc(C)c2)c2cccs2)cc1. The molecule has 0 aliphatic heterocycles. The first-order chi connectivity index (χ1) is 13.4. The Morgan fingerprint density at radius 3 is 2.46 bits per heavy atom. The van der Waals surface area contributed by atoms with E-state index in [4.69, 9.17) is 4.74 Å². The molecule has 0 saturated carbocycles. The third-order valence-electron chi connectivity index (χ3n) is 4.35. The molecule has 2 aromatic carbocycles. The maximum absolute atomic E-state index is 13.2. The number of carbonyl (C=O) groups is 1. The minimum atomic E-state index is -3.69. The van der Waals surface area contributed by atoms with Crippen molar-refractivity contribution in [2.45, 2.75) is 17.1 Å². The molecule has 1 unspecified atom stereocenters. The van der Waals surface area contributed by atoms with Crippen molar-refractivity contribution in [1.82, 2.24) is 5.32 Å². The van der Waals surface area contributed by atoms with Crippen LogP contribution in [0, 0.1) is 6.92 Å². The first-order valence-corrected chi connectivity index (χ1v) is 11.1. The highest BCUT2D eigenvalue weighted by Crippen LogP contribution is 2.32. The van der Waals surface area contributed by atoms with Crippen LogP contribution in [-0.2, 0) is 9.84 Å². The monoisotopic (exact) mass is 415 g/mol. The van der Waals surface area contributed by atoms with Gasteiger partial charge >= 0.3 is 0 Å². The molecular formula is C21H21NO4S2. The molecule has 1 amide bonds. The molecule has 3 aromatic rings. The van der Waals surface area contributed by atoms with Crippen LogP contribution in [0.5, 0.6) is 5.75 Å². The molecule has 0 aliphatic rings. The van der Waals surface area contributed by atoms with E-state index in [1.807, 2.05) is 18.4 Å². The van der Waals surface area contributed by atoms with Gasteiger partial charge in [-0.05, 0) is 54.8 Å². The number of methoxy groups -OCH3 is 1. The molecule has 0 aliphatic carbocycles. The lowest BCUT2D eigenvalue weighted by molar-refractivity contribution is 0.0953. The van der Waals surface area contributed by atoms with Gasteiger partial charge in [-0.1, -0.05) is 23.8 Å². The first-order valence-electron chi connectivity index (χ1n) is 8.68. The molecular weight excluding hydrogens is 394 g/mol. The zero-order valence-electron chi connectivity index (χ0n) is 15.6. The van der Waals surface area contributed by atoms with Gasteiger partial charge in [0.05, 0.1) is 12.0 Å². The molecule has 1 aromatic heterocycles. The van der Waals surface area contributed by atoms with E-state index < -0.39 is 15.1 Å². The van der Waals surface area contributed by atoms with E-state index in [9.17, 15) is 13.2 Å². The Balaban J connectivity index is 1.86. The van der Waals surface area contributed by atoms with Crippen molar-refractivity contribution in [2.75, 3.05) is 13.7 Å². The van der Waals surface area contributed by atoms with Crippen LogP contribution in [0.25, 0.3) is 0 Å². The van der Waals surface area contributed by atoms with Gasteiger partial charge in [-0.2, -0.15) is 0 Å². The van der Waals surface area contributed by atoms with Crippen molar-refractivity contribution in [3.05, 3.63) is 82.0 Å². The third-order valence-corrected chi connectivity index (χ3v) is 7.59. The van der Waals surface area contributed by atoms with Crippen LogP contribution in [0.4, 0.5) is 0 Å². The number of nitrogens with one attached hydrogen (secondary N) is 1. The van der Waals surface area contributed by atoms with Crippen LogP contribution in [-0.4, -0.2) is 28.0 Å². The average Bonchev–Trinajstić information content (AvgIpc) is 3.22. The van der Waals surface area contributed by atoms with E-state index in [1.165, 1.54) is 30.6 Å². The number of ether oxygens (including phenoxy) is 1. The number of aryl methyl sites for hydroxylation is 1. The number of carbonyl (C=O) groups excluding carboxylic acids is 1. The molecule has 1 heterocycles. The highest BCUT2D eigenvalue weighted by molar-refractivity contribution is 7.91. The van der Waals surface area contributed by atoms with E-state index in [-0.39, 0.29) is 17.3 Å². The van der Waals surface area contributed by atoms with Gasteiger partial charge in [-0.15, -0.1) is 11.3 Å². The van der Waals surface area contributed by atoms with E-state index in [0.717, 1.165) is 5.56 Å². The van der Waals surface area contributed by atoms with Crippen LogP contribution >= 0.6 is 11.3 Å². The Hall–Kier alpha value is -2.64. The number of sulfone groups is 1. The lowest BCUT2D eigenvalue weighted by Gasteiger charge is -2.18. The van der Waals surface area contributed by atoms with Gasteiger partial charge in [0.25, 0.3) is 5.91 Å². The molecule has 3 rings (SSSR count). The van der Waals surface area contributed by atoms with Crippen LogP contribution in [0.1, 0.15) is 26.0 Å². The fourth-order valence-corrected chi connectivity index (χ4v) is 5.63. The third kappa shape index (κ3) is 4.43. The summed E-state index contributed by atoms with van der Waals surface area (Å²) < 4.78 is 31.6. The maximum atomic E-state index is 13.2. The van der Waals surface area contributed by atoms with Gasteiger partial charge < -0.3 is 10.1 Å². The topological polar surface area (TPSA) is 72.5 Å². The van der Waals surface area contributed by atoms with Gasteiger partial charge in [0.2, 0.25) is 0 Å². The Kier molecular flexibility index (Phi) is 6.16. The van der Waals surface area contributed by atoms with E-state index in [1.54, 1.807) is 42.5 Å². The molecule has 0 spiro atoms. The second-order valence-electron chi connectivity index (χ2n) is 6.30. The zero-order valence-corrected chi connectivity index (χ0v) is 17.2. The summed E-state index contributed by atoms with van der Waals surface area (Å²) in [5.74, 6) is 0.287. The molecule has 146 valence electrons. The zero-order chi connectivity index (χ0) is 20.1. The fourth-order valence-electron chi connectivity index (χ4n) is 2.84. The van der Waals surface area contributed by atoms with Gasteiger partial charge in [0, 0.05) is 17.0 Å². The Morgan fingerprint density at radius 1 is 1.11 bits per heavy atom. The summed E-state index contributed by atoms with van der Waals surface area (Å²) in [6.45, 7) is 1.89. The lowest BCUT2D eigenvalue weighted by Crippen LogP contribution is -2.31. The quantitative estimate of drug-likeness (QED) is 0.633. The summed E-state index contributed by atoms with van der Waals surface area (Å²) in [6.07, 6.45) is 0. The maximum Gasteiger partial charge on any atom is 0.251 e. The van der Waals surface area contributed by atoms with Crippen LogP contribution in [0.15, 0.2) is 70.9 Å². The molecule has 1 N–H and O–H groups in total. The normalized spacial score (nSPS) is 12.4. The number of rotatable bonds is 7. The van der Waals surface area contributed by atoms with Crippen molar-refractivity contribution < 1.29 is 17.9 Å². The number of thiophene rings is 1. The lowest BCUT2D eigenvalue weighted by atomic mass is 10.1. The van der Waals surface area contributed by atoms with Crippen molar-refractivity contribution >= 4 is 27.1 Å². The molecule has 0 saturated heterocycles. The summed E-state index contributed by atoms with van der Waals surface area (Å²) in [5, 5.41) is 3.74. The predicted octanol–water partition coefficient (Wildman–Crippen LogP) is 4.01.